The molecule has 0 unspecified atom stereocenters. The van der Waals surface area contributed by atoms with Crippen LogP contribution in [-0.2, 0) is 17.5 Å². The number of amides is 1. The topological polar surface area (TPSA) is 41.1 Å². The monoisotopic (exact) mass is 304 g/mol. The number of carbonyl (C=O) groups is 1. The standard InChI is InChI=1S/C14H16F4N2O/c15-12-4-1-9(7-11(12)14(16,17)18)8-19-5-6-20-13(21)10-2-3-10/h1,4,7,10,19H,2-3,5-6,8H2,(H,20,21). The Balaban J connectivity index is 1.76. The quantitative estimate of drug-likeness (QED) is 0.626. The Morgan fingerprint density at radius 2 is 1.95 bits per heavy atom. The van der Waals surface area contributed by atoms with Gasteiger partial charge in [0.2, 0.25) is 5.91 Å². The van der Waals surface area contributed by atoms with Crippen molar-refractivity contribution in [3.05, 3.63) is 35.1 Å². The van der Waals surface area contributed by atoms with Crippen molar-refractivity contribution in [3.63, 3.8) is 0 Å². The zero-order chi connectivity index (χ0) is 15.5. The molecule has 1 aromatic rings. The summed E-state index contributed by atoms with van der Waals surface area (Å²) in [5, 5.41) is 5.64. The van der Waals surface area contributed by atoms with Crippen molar-refractivity contribution in [1.29, 1.82) is 0 Å². The molecule has 3 nitrogen and oxygen atoms in total. The van der Waals surface area contributed by atoms with Crippen molar-refractivity contribution in [2.75, 3.05) is 13.1 Å². The van der Waals surface area contributed by atoms with E-state index in [1.54, 1.807) is 0 Å². The Hall–Kier alpha value is -1.63. The molecular weight excluding hydrogens is 288 g/mol. The van der Waals surface area contributed by atoms with Crippen LogP contribution in [0.3, 0.4) is 0 Å². The van der Waals surface area contributed by atoms with Gasteiger partial charge in [0, 0.05) is 25.6 Å². The number of rotatable bonds is 6. The van der Waals surface area contributed by atoms with Crippen LogP contribution in [0.1, 0.15) is 24.0 Å². The first-order chi connectivity index (χ1) is 9.88. The van der Waals surface area contributed by atoms with Crippen molar-refractivity contribution < 1.29 is 22.4 Å². The third kappa shape index (κ3) is 4.70. The maximum atomic E-state index is 13.1. The molecule has 0 bridgehead atoms. The second-order valence-corrected chi connectivity index (χ2v) is 5.05. The molecule has 2 rings (SSSR count). The maximum absolute atomic E-state index is 13.1. The molecule has 116 valence electrons. The fourth-order valence-corrected chi connectivity index (χ4v) is 1.90. The van der Waals surface area contributed by atoms with Crippen molar-refractivity contribution in [2.45, 2.75) is 25.6 Å². The molecule has 1 aliphatic rings. The Morgan fingerprint density at radius 1 is 1.24 bits per heavy atom. The number of alkyl halides is 3. The zero-order valence-corrected chi connectivity index (χ0v) is 11.3. The van der Waals surface area contributed by atoms with Gasteiger partial charge in [-0.3, -0.25) is 4.79 Å². The lowest BCUT2D eigenvalue weighted by molar-refractivity contribution is -0.140. The summed E-state index contributed by atoms with van der Waals surface area (Å²) in [4.78, 5) is 11.3. The highest BCUT2D eigenvalue weighted by atomic mass is 19.4. The predicted molar refractivity (Wildman–Crippen MR) is 68.8 cm³/mol. The summed E-state index contributed by atoms with van der Waals surface area (Å²) in [6, 6.07) is 2.92. The number of halogens is 4. The molecule has 7 heteroatoms. The molecule has 0 saturated heterocycles. The summed E-state index contributed by atoms with van der Waals surface area (Å²) < 4.78 is 50.7. The molecule has 1 amide bonds. The Morgan fingerprint density at radius 3 is 2.57 bits per heavy atom. The van der Waals surface area contributed by atoms with E-state index < -0.39 is 17.6 Å². The molecule has 0 aromatic heterocycles. The van der Waals surface area contributed by atoms with E-state index in [2.05, 4.69) is 10.6 Å². The van der Waals surface area contributed by atoms with Gasteiger partial charge in [-0.15, -0.1) is 0 Å². The summed E-state index contributed by atoms with van der Waals surface area (Å²) in [7, 11) is 0. The minimum atomic E-state index is -4.70. The minimum absolute atomic E-state index is 0.0259. The van der Waals surface area contributed by atoms with Crippen LogP contribution >= 0.6 is 0 Å². The van der Waals surface area contributed by atoms with Crippen LogP contribution in [0.5, 0.6) is 0 Å². The first kappa shape index (κ1) is 15.8. The molecule has 1 saturated carbocycles. The maximum Gasteiger partial charge on any atom is 0.419 e. The van der Waals surface area contributed by atoms with Gasteiger partial charge in [0.25, 0.3) is 0 Å². The van der Waals surface area contributed by atoms with Gasteiger partial charge in [-0.05, 0) is 30.5 Å². The molecule has 1 fully saturated rings. The third-order valence-corrected chi connectivity index (χ3v) is 3.21. The highest BCUT2D eigenvalue weighted by Gasteiger charge is 2.34. The van der Waals surface area contributed by atoms with Crippen LogP contribution in [0.2, 0.25) is 0 Å². The first-order valence-corrected chi connectivity index (χ1v) is 6.72. The lowest BCUT2D eigenvalue weighted by Gasteiger charge is -2.11. The smallest absolute Gasteiger partial charge is 0.355 e. The van der Waals surface area contributed by atoms with Crippen LogP contribution in [-0.4, -0.2) is 19.0 Å². The van der Waals surface area contributed by atoms with E-state index in [0.717, 1.165) is 25.0 Å². The van der Waals surface area contributed by atoms with Crippen LogP contribution < -0.4 is 10.6 Å². The molecule has 1 aliphatic carbocycles. The zero-order valence-electron chi connectivity index (χ0n) is 11.3. The second-order valence-electron chi connectivity index (χ2n) is 5.05. The fourth-order valence-electron chi connectivity index (χ4n) is 1.90. The SMILES string of the molecule is O=C(NCCNCc1ccc(F)c(C(F)(F)F)c1)C1CC1. The van der Waals surface area contributed by atoms with Crippen molar-refractivity contribution >= 4 is 5.91 Å². The molecule has 2 N–H and O–H groups in total. The number of benzene rings is 1. The normalized spacial score (nSPS) is 15.0. The molecule has 0 heterocycles. The Labute approximate surface area is 119 Å². The van der Waals surface area contributed by atoms with E-state index in [4.69, 9.17) is 0 Å². The Kier molecular flexibility index (Phi) is 4.82. The van der Waals surface area contributed by atoms with E-state index in [1.165, 1.54) is 6.07 Å². The average Bonchev–Trinajstić information content (AvgIpc) is 3.23. The summed E-state index contributed by atoms with van der Waals surface area (Å²) in [5.41, 5.74) is -0.916. The summed E-state index contributed by atoms with van der Waals surface area (Å²) >= 11 is 0. The second kappa shape index (κ2) is 6.43. The Bertz CT molecular complexity index is 512. The number of carbonyl (C=O) groups excluding carboxylic acids is 1. The molecule has 21 heavy (non-hydrogen) atoms. The number of hydrogen-bond donors (Lipinski definition) is 2. The lowest BCUT2D eigenvalue weighted by atomic mass is 10.1. The van der Waals surface area contributed by atoms with Gasteiger partial charge >= 0.3 is 6.18 Å². The van der Waals surface area contributed by atoms with Crippen molar-refractivity contribution in [2.24, 2.45) is 5.92 Å². The van der Waals surface area contributed by atoms with E-state index in [1.807, 2.05) is 0 Å². The van der Waals surface area contributed by atoms with E-state index in [9.17, 15) is 22.4 Å². The molecule has 0 spiro atoms. The van der Waals surface area contributed by atoms with Gasteiger partial charge in [-0.25, -0.2) is 4.39 Å². The first-order valence-electron chi connectivity index (χ1n) is 6.72. The van der Waals surface area contributed by atoms with E-state index in [-0.39, 0.29) is 18.4 Å². The molecule has 0 atom stereocenters. The van der Waals surface area contributed by atoms with Crippen LogP contribution in [0.15, 0.2) is 18.2 Å². The predicted octanol–water partition coefficient (Wildman–Crippen LogP) is 2.46. The molecule has 1 aromatic carbocycles. The van der Waals surface area contributed by atoms with Gasteiger partial charge < -0.3 is 10.6 Å². The fraction of sp³-hybridized carbons (Fsp3) is 0.500. The molecule has 0 aliphatic heterocycles. The highest BCUT2D eigenvalue weighted by Crippen LogP contribution is 2.31. The van der Waals surface area contributed by atoms with Crippen molar-refractivity contribution in [1.82, 2.24) is 10.6 Å². The van der Waals surface area contributed by atoms with Crippen LogP contribution in [0.4, 0.5) is 17.6 Å². The number of hydrogen-bond acceptors (Lipinski definition) is 2. The van der Waals surface area contributed by atoms with Gasteiger partial charge in [-0.1, -0.05) is 6.07 Å². The molecular formula is C14H16F4N2O. The average molecular weight is 304 g/mol. The summed E-state index contributed by atoms with van der Waals surface area (Å²) in [6.45, 7) is 1.04. The lowest BCUT2D eigenvalue weighted by Crippen LogP contribution is -2.32. The third-order valence-electron chi connectivity index (χ3n) is 3.21. The van der Waals surface area contributed by atoms with Crippen LogP contribution in [0.25, 0.3) is 0 Å². The summed E-state index contributed by atoms with van der Waals surface area (Å²) in [6.07, 6.45) is -2.84. The van der Waals surface area contributed by atoms with Gasteiger partial charge in [0.15, 0.2) is 0 Å². The van der Waals surface area contributed by atoms with Gasteiger partial charge in [0.05, 0.1) is 5.56 Å². The molecule has 0 radical (unpaired) electrons. The van der Waals surface area contributed by atoms with E-state index >= 15 is 0 Å². The highest BCUT2D eigenvalue weighted by molar-refractivity contribution is 5.80. The number of nitrogens with one attached hydrogen (secondary N) is 2. The van der Waals surface area contributed by atoms with Gasteiger partial charge in [-0.2, -0.15) is 13.2 Å². The largest absolute Gasteiger partial charge is 0.419 e. The minimum Gasteiger partial charge on any atom is -0.355 e. The van der Waals surface area contributed by atoms with E-state index in [0.29, 0.717) is 18.7 Å². The van der Waals surface area contributed by atoms with Crippen molar-refractivity contribution in [3.8, 4) is 0 Å². The van der Waals surface area contributed by atoms with Gasteiger partial charge in [0.1, 0.15) is 5.82 Å². The van der Waals surface area contributed by atoms with Crippen LogP contribution in [0, 0.1) is 11.7 Å². The summed E-state index contributed by atoms with van der Waals surface area (Å²) in [5.74, 6) is -1.11.